The van der Waals surface area contributed by atoms with Crippen LogP contribution < -0.4 is 15.4 Å². The van der Waals surface area contributed by atoms with Crippen LogP contribution in [-0.4, -0.2) is 23.9 Å². The maximum atomic E-state index is 12.5. The highest BCUT2D eigenvalue weighted by Gasteiger charge is 2.14. The molecule has 7 heteroatoms. The number of nitrogens with one attached hydrogen (secondary N) is 2. The second kappa shape index (κ2) is 9.01. The number of nitrogens with zero attached hydrogens (tertiary/aromatic N) is 1. The Balaban J connectivity index is 1.71. The predicted octanol–water partition coefficient (Wildman–Crippen LogP) is 3.93. The summed E-state index contributed by atoms with van der Waals surface area (Å²) in [6.07, 6.45) is 0. The molecular formula is C21H18ClN3O3. The first kappa shape index (κ1) is 19.4. The average molecular weight is 396 g/mol. The van der Waals surface area contributed by atoms with Crippen molar-refractivity contribution in [1.82, 2.24) is 10.3 Å². The summed E-state index contributed by atoms with van der Waals surface area (Å²) in [5.74, 6) is -0.369. The van der Waals surface area contributed by atoms with Crippen LogP contribution in [0.2, 0.25) is 5.02 Å². The SMILES string of the molecule is COc1ccc(Cl)cc1NC(=O)c1cccc(C(=O)NCc2ccccc2)n1. The van der Waals surface area contributed by atoms with E-state index in [4.69, 9.17) is 16.3 Å². The van der Waals surface area contributed by atoms with Gasteiger partial charge in [0.25, 0.3) is 11.8 Å². The van der Waals surface area contributed by atoms with Gasteiger partial charge in [-0.1, -0.05) is 48.0 Å². The molecule has 0 fully saturated rings. The topological polar surface area (TPSA) is 80.3 Å². The third kappa shape index (κ3) is 4.86. The number of ether oxygens (including phenoxy) is 1. The third-order valence-electron chi connectivity index (χ3n) is 3.92. The molecule has 6 nitrogen and oxygen atoms in total. The summed E-state index contributed by atoms with van der Waals surface area (Å²) >= 11 is 5.98. The highest BCUT2D eigenvalue weighted by molar-refractivity contribution is 6.31. The number of anilines is 1. The Hall–Kier alpha value is -3.38. The molecular weight excluding hydrogens is 378 g/mol. The zero-order valence-electron chi connectivity index (χ0n) is 15.1. The van der Waals surface area contributed by atoms with Crippen molar-refractivity contribution >= 4 is 29.1 Å². The fraction of sp³-hybridized carbons (Fsp3) is 0.0952. The van der Waals surface area contributed by atoms with Gasteiger partial charge in [-0.3, -0.25) is 9.59 Å². The van der Waals surface area contributed by atoms with E-state index in [2.05, 4.69) is 15.6 Å². The number of pyridine rings is 1. The molecule has 2 amide bonds. The normalized spacial score (nSPS) is 10.2. The highest BCUT2D eigenvalue weighted by Crippen LogP contribution is 2.28. The molecule has 1 aromatic heterocycles. The fourth-order valence-corrected chi connectivity index (χ4v) is 2.69. The molecule has 28 heavy (non-hydrogen) atoms. The predicted molar refractivity (Wildman–Crippen MR) is 108 cm³/mol. The monoisotopic (exact) mass is 395 g/mol. The van der Waals surface area contributed by atoms with Crippen LogP contribution in [0.4, 0.5) is 5.69 Å². The first-order valence-corrected chi connectivity index (χ1v) is 8.88. The summed E-state index contributed by atoms with van der Waals surface area (Å²) < 4.78 is 5.22. The molecule has 0 atom stereocenters. The van der Waals surface area contributed by atoms with Crippen LogP contribution in [0.5, 0.6) is 5.75 Å². The van der Waals surface area contributed by atoms with Crippen molar-refractivity contribution in [3.05, 3.63) is 88.7 Å². The molecule has 2 N–H and O–H groups in total. The van der Waals surface area contributed by atoms with E-state index in [1.165, 1.54) is 13.2 Å². The van der Waals surface area contributed by atoms with Crippen LogP contribution in [0, 0.1) is 0 Å². The minimum atomic E-state index is -0.474. The lowest BCUT2D eigenvalue weighted by atomic mass is 10.2. The van der Waals surface area contributed by atoms with Gasteiger partial charge in [-0.15, -0.1) is 0 Å². The van der Waals surface area contributed by atoms with Crippen LogP contribution in [0.25, 0.3) is 0 Å². The van der Waals surface area contributed by atoms with Gasteiger partial charge in [-0.2, -0.15) is 0 Å². The average Bonchev–Trinajstić information content (AvgIpc) is 2.73. The Morgan fingerprint density at radius 3 is 2.39 bits per heavy atom. The molecule has 3 aromatic rings. The molecule has 0 aliphatic carbocycles. The zero-order chi connectivity index (χ0) is 19.9. The lowest BCUT2D eigenvalue weighted by molar-refractivity contribution is 0.0945. The number of carbonyl (C=O) groups excluding carboxylic acids is 2. The van der Waals surface area contributed by atoms with Crippen molar-refractivity contribution < 1.29 is 14.3 Å². The third-order valence-corrected chi connectivity index (χ3v) is 4.16. The van der Waals surface area contributed by atoms with Crippen molar-refractivity contribution in [3.8, 4) is 5.75 Å². The lowest BCUT2D eigenvalue weighted by Crippen LogP contribution is -2.25. The second-order valence-corrected chi connectivity index (χ2v) is 6.31. The number of amides is 2. The Labute approximate surface area is 167 Å². The van der Waals surface area contributed by atoms with Crippen LogP contribution >= 0.6 is 11.6 Å². The molecule has 0 spiro atoms. The maximum absolute atomic E-state index is 12.5. The quantitative estimate of drug-likeness (QED) is 0.662. The smallest absolute Gasteiger partial charge is 0.274 e. The number of hydrogen-bond acceptors (Lipinski definition) is 4. The van der Waals surface area contributed by atoms with E-state index < -0.39 is 5.91 Å². The lowest BCUT2D eigenvalue weighted by Gasteiger charge is -2.11. The van der Waals surface area contributed by atoms with Gasteiger partial charge >= 0.3 is 0 Å². The van der Waals surface area contributed by atoms with E-state index in [1.807, 2.05) is 30.3 Å². The molecule has 0 unspecified atom stereocenters. The molecule has 0 aliphatic rings. The maximum Gasteiger partial charge on any atom is 0.274 e. The first-order valence-electron chi connectivity index (χ1n) is 8.51. The summed E-state index contributed by atoms with van der Waals surface area (Å²) in [6.45, 7) is 0.373. The van der Waals surface area contributed by atoms with Gasteiger partial charge in [-0.05, 0) is 35.9 Å². The van der Waals surface area contributed by atoms with Crippen LogP contribution in [0.1, 0.15) is 26.5 Å². The van der Waals surface area contributed by atoms with E-state index in [-0.39, 0.29) is 17.3 Å². The Morgan fingerprint density at radius 1 is 0.964 bits per heavy atom. The van der Waals surface area contributed by atoms with Crippen molar-refractivity contribution in [3.63, 3.8) is 0 Å². The summed E-state index contributed by atoms with van der Waals surface area (Å²) in [4.78, 5) is 29.1. The Kier molecular flexibility index (Phi) is 6.24. The van der Waals surface area contributed by atoms with Crippen molar-refractivity contribution in [2.75, 3.05) is 12.4 Å². The minimum absolute atomic E-state index is 0.106. The molecule has 1 heterocycles. The largest absolute Gasteiger partial charge is 0.495 e. The Morgan fingerprint density at radius 2 is 1.68 bits per heavy atom. The number of halogens is 1. The van der Waals surface area contributed by atoms with Gasteiger partial charge in [-0.25, -0.2) is 4.98 Å². The molecule has 0 saturated carbocycles. The standard InChI is InChI=1S/C21H18ClN3O3/c1-28-19-11-10-15(22)12-18(19)25-21(27)17-9-5-8-16(24-17)20(26)23-13-14-6-3-2-4-7-14/h2-12H,13H2,1H3,(H,23,26)(H,25,27). The second-order valence-electron chi connectivity index (χ2n) is 5.88. The van der Waals surface area contributed by atoms with Gasteiger partial charge in [0.2, 0.25) is 0 Å². The van der Waals surface area contributed by atoms with Gasteiger partial charge in [0.05, 0.1) is 12.8 Å². The van der Waals surface area contributed by atoms with Crippen LogP contribution in [-0.2, 0) is 6.54 Å². The summed E-state index contributed by atoms with van der Waals surface area (Å²) in [6, 6.07) is 19.1. The van der Waals surface area contributed by atoms with E-state index in [0.717, 1.165) is 5.56 Å². The number of carbonyl (C=O) groups is 2. The number of aromatic nitrogens is 1. The molecule has 0 aliphatic heterocycles. The summed E-state index contributed by atoms with van der Waals surface area (Å²) in [7, 11) is 1.49. The molecule has 2 aromatic carbocycles. The highest BCUT2D eigenvalue weighted by atomic mass is 35.5. The number of methoxy groups -OCH3 is 1. The van der Waals surface area contributed by atoms with Gasteiger partial charge in [0.15, 0.2) is 0 Å². The van der Waals surface area contributed by atoms with E-state index >= 15 is 0 Å². The number of hydrogen-bond donors (Lipinski definition) is 2. The molecule has 0 saturated heterocycles. The van der Waals surface area contributed by atoms with Crippen molar-refractivity contribution in [2.24, 2.45) is 0 Å². The van der Waals surface area contributed by atoms with Gasteiger partial charge in [0, 0.05) is 11.6 Å². The molecule has 0 radical (unpaired) electrons. The number of rotatable bonds is 6. The van der Waals surface area contributed by atoms with E-state index in [1.54, 1.807) is 30.3 Å². The van der Waals surface area contributed by atoms with E-state index in [9.17, 15) is 9.59 Å². The molecule has 3 rings (SSSR count). The van der Waals surface area contributed by atoms with E-state index in [0.29, 0.717) is 23.0 Å². The fourth-order valence-electron chi connectivity index (χ4n) is 2.52. The summed E-state index contributed by atoms with van der Waals surface area (Å²) in [5, 5.41) is 5.94. The van der Waals surface area contributed by atoms with Gasteiger partial charge < -0.3 is 15.4 Å². The van der Waals surface area contributed by atoms with Crippen LogP contribution in [0.3, 0.4) is 0 Å². The molecule has 142 valence electrons. The Bertz CT molecular complexity index is 993. The first-order chi connectivity index (χ1) is 13.6. The van der Waals surface area contributed by atoms with Crippen molar-refractivity contribution in [2.45, 2.75) is 6.54 Å². The number of benzene rings is 2. The summed E-state index contributed by atoms with van der Waals surface area (Å²) in [5.41, 5.74) is 1.65. The molecule has 0 bridgehead atoms. The zero-order valence-corrected chi connectivity index (χ0v) is 15.9. The van der Waals surface area contributed by atoms with Crippen LogP contribution in [0.15, 0.2) is 66.7 Å². The van der Waals surface area contributed by atoms with Gasteiger partial charge in [0.1, 0.15) is 17.1 Å². The van der Waals surface area contributed by atoms with Crippen molar-refractivity contribution in [1.29, 1.82) is 0 Å². The minimum Gasteiger partial charge on any atom is -0.495 e.